The summed E-state index contributed by atoms with van der Waals surface area (Å²) < 4.78 is 28.2. The van der Waals surface area contributed by atoms with Crippen LogP contribution in [0.2, 0.25) is 0 Å². The lowest BCUT2D eigenvalue weighted by atomic mass is 10.1. The van der Waals surface area contributed by atoms with Crippen molar-refractivity contribution in [3.05, 3.63) is 81.5 Å². The third kappa shape index (κ3) is 4.19. The number of fused-ring (bicyclic) bond motifs is 2. The molecule has 2 aliphatic rings. The Hall–Kier alpha value is -3.01. The van der Waals surface area contributed by atoms with E-state index in [1.54, 1.807) is 48.5 Å². The maximum absolute atomic E-state index is 12.5. The van der Waals surface area contributed by atoms with E-state index in [2.05, 4.69) is 31.4 Å². The number of amides is 1. The first-order valence-electron chi connectivity index (χ1n) is 10.4. The maximum atomic E-state index is 12.5. The van der Waals surface area contributed by atoms with E-state index >= 15 is 0 Å². The highest BCUT2D eigenvalue weighted by Gasteiger charge is 2.28. The SMILES string of the molecule is O=C(NCCN1CCc2sccc2C1)c1ccc(NC2=NS(=O)(=O)c3ccccc32)cc1. The number of nitrogens with one attached hydrogen (secondary N) is 2. The third-order valence-electron chi connectivity index (χ3n) is 5.64. The van der Waals surface area contributed by atoms with Crippen LogP contribution in [0.3, 0.4) is 0 Å². The fourth-order valence-electron chi connectivity index (χ4n) is 3.96. The van der Waals surface area contributed by atoms with Crippen LogP contribution < -0.4 is 10.6 Å². The van der Waals surface area contributed by atoms with Gasteiger partial charge >= 0.3 is 0 Å². The first-order chi connectivity index (χ1) is 15.5. The number of carbonyl (C=O) groups is 1. The van der Waals surface area contributed by atoms with Crippen molar-refractivity contribution in [3.63, 3.8) is 0 Å². The number of hydrogen-bond donors (Lipinski definition) is 2. The lowest BCUT2D eigenvalue weighted by Crippen LogP contribution is -2.37. The molecule has 3 heterocycles. The highest BCUT2D eigenvalue weighted by atomic mass is 32.2. The summed E-state index contributed by atoms with van der Waals surface area (Å²) in [6, 6.07) is 15.8. The summed E-state index contributed by atoms with van der Waals surface area (Å²) >= 11 is 1.82. The van der Waals surface area contributed by atoms with Crippen molar-refractivity contribution < 1.29 is 13.2 Å². The molecule has 0 bridgehead atoms. The molecule has 2 aromatic carbocycles. The van der Waals surface area contributed by atoms with Crippen LogP contribution in [0.5, 0.6) is 0 Å². The van der Waals surface area contributed by atoms with E-state index in [1.807, 2.05) is 11.3 Å². The minimum absolute atomic E-state index is 0.129. The Bertz CT molecular complexity index is 1300. The maximum Gasteiger partial charge on any atom is 0.285 e. The minimum atomic E-state index is -3.67. The van der Waals surface area contributed by atoms with E-state index in [4.69, 9.17) is 0 Å². The number of rotatable bonds is 5. The van der Waals surface area contributed by atoms with Crippen LogP contribution in [0.15, 0.2) is 69.3 Å². The van der Waals surface area contributed by atoms with Gasteiger partial charge in [-0.25, -0.2) is 0 Å². The van der Waals surface area contributed by atoms with Gasteiger partial charge in [0.25, 0.3) is 15.9 Å². The van der Waals surface area contributed by atoms with Gasteiger partial charge in [-0.2, -0.15) is 8.42 Å². The van der Waals surface area contributed by atoms with Crippen LogP contribution in [-0.2, 0) is 23.0 Å². The van der Waals surface area contributed by atoms with E-state index in [9.17, 15) is 13.2 Å². The highest BCUT2D eigenvalue weighted by molar-refractivity contribution is 7.90. The lowest BCUT2D eigenvalue weighted by Gasteiger charge is -2.26. The van der Waals surface area contributed by atoms with Gasteiger partial charge in [-0.05, 0) is 59.8 Å². The van der Waals surface area contributed by atoms with Crippen LogP contribution in [-0.4, -0.2) is 44.7 Å². The van der Waals surface area contributed by atoms with Crippen molar-refractivity contribution in [2.45, 2.75) is 17.9 Å². The van der Waals surface area contributed by atoms with Crippen molar-refractivity contribution in [2.75, 3.05) is 25.0 Å². The summed E-state index contributed by atoms with van der Waals surface area (Å²) in [5.74, 6) is 0.157. The fraction of sp³-hybridized carbons (Fsp3) is 0.217. The van der Waals surface area contributed by atoms with Crippen LogP contribution in [0, 0.1) is 0 Å². The lowest BCUT2D eigenvalue weighted by molar-refractivity contribution is 0.0947. The average molecular weight is 467 g/mol. The molecule has 0 fully saturated rings. The Labute approximate surface area is 190 Å². The summed E-state index contributed by atoms with van der Waals surface area (Å²) in [5.41, 5.74) is 3.15. The molecule has 7 nitrogen and oxygen atoms in total. The third-order valence-corrected chi connectivity index (χ3v) is 8.00. The van der Waals surface area contributed by atoms with Crippen LogP contribution >= 0.6 is 11.3 Å². The molecule has 164 valence electrons. The zero-order valence-corrected chi connectivity index (χ0v) is 18.9. The first kappa shape index (κ1) is 20.9. The molecule has 0 saturated heterocycles. The molecule has 5 rings (SSSR count). The standard InChI is InChI=1S/C23H22N4O3S2/c28-23(24-11-13-27-12-9-20-17(15-27)10-14-31-20)16-5-7-18(8-6-16)25-22-19-3-1-2-4-21(19)32(29,30)26-22/h1-8,10,14H,9,11-13,15H2,(H,24,28)(H,25,26). The van der Waals surface area contributed by atoms with Crippen molar-refractivity contribution in [3.8, 4) is 0 Å². The van der Waals surface area contributed by atoms with Gasteiger partial charge in [-0.3, -0.25) is 9.69 Å². The summed E-state index contributed by atoms with van der Waals surface area (Å²) in [6.45, 7) is 3.36. The molecule has 0 spiro atoms. The zero-order chi connectivity index (χ0) is 22.1. The van der Waals surface area contributed by atoms with E-state index in [0.29, 0.717) is 23.4 Å². The molecular formula is C23H22N4O3S2. The Kier molecular flexibility index (Phi) is 5.54. The molecule has 32 heavy (non-hydrogen) atoms. The summed E-state index contributed by atoms with van der Waals surface area (Å²) in [5, 5.41) is 8.17. The highest BCUT2D eigenvalue weighted by Crippen LogP contribution is 2.27. The number of carbonyl (C=O) groups excluding carboxylic acids is 1. The smallest absolute Gasteiger partial charge is 0.285 e. The second-order valence-electron chi connectivity index (χ2n) is 7.76. The van der Waals surface area contributed by atoms with Gasteiger partial charge in [-0.15, -0.1) is 15.7 Å². The normalized spacial score (nSPS) is 16.7. The molecule has 9 heteroatoms. The molecule has 2 aliphatic heterocycles. The number of nitrogens with zero attached hydrogens (tertiary/aromatic N) is 2. The van der Waals surface area contributed by atoms with Crippen molar-refractivity contribution in [1.82, 2.24) is 10.2 Å². The number of thiophene rings is 1. The van der Waals surface area contributed by atoms with Gasteiger partial charge in [0.1, 0.15) is 4.90 Å². The number of sulfonamides is 1. The number of benzene rings is 2. The molecule has 1 aromatic heterocycles. The zero-order valence-electron chi connectivity index (χ0n) is 17.2. The van der Waals surface area contributed by atoms with E-state index in [-0.39, 0.29) is 16.6 Å². The molecule has 0 unspecified atom stereocenters. The average Bonchev–Trinajstić information content (AvgIpc) is 3.36. The minimum Gasteiger partial charge on any atom is -0.351 e. The molecule has 0 saturated carbocycles. The van der Waals surface area contributed by atoms with Crippen molar-refractivity contribution >= 4 is 38.8 Å². The molecule has 0 atom stereocenters. The largest absolute Gasteiger partial charge is 0.351 e. The molecule has 2 N–H and O–H groups in total. The Morgan fingerprint density at radius 2 is 1.91 bits per heavy atom. The van der Waals surface area contributed by atoms with Gasteiger partial charge in [0.2, 0.25) is 0 Å². The van der Waals surface area contributed by atoms with Gasteiger partial charge in [0.05, 0.1) is 0 Å². The fourth-order valence-corrected chi connectivity index (χ4v) is 6.03. The van der Waals surface area contributed by atoms with E-state index in [1.165, 1.54) is 10.4 Å². The molecular weight excluding hydrogens is 444 g/mol. The number of amidine groups is 1. The van der Waals surface area contributed by atoms with E-state index in [0.717, 1.165) is 26.1 Å². The topological polar surface area (TPSA) is 90.9 Å². The van der Waals surface area contributed by atoms with Gasteiger partial charge in [0.15, 0.2) is 5.84 Å². The number of anilines is 1. The molecule has 0 aliphatic carbocycles. The van der Waals surface area contributed by atoms with Gasteiger partial charge in [0, 0.05) is 47.9 Å². The Morgan fingerprint density at radius 3 is 2.75 bits per heavy atom. The predicted octanol–water partition coefficient (Wildman–Crippen LogP) is 3.10. The second kappa shape index (κ2) is 8.50. The van der Waals surface area contributed by atoms with Crippen molar-refractivity contribution in [1.29, 1.82) is 0 Å². The van der Waals surface area contributed by atoms with Crippen LogP contribution in [0.4, 0.5) is 5.69 Å². The van der Waals surface area contributed by atoms with Crippen LogP contribution in [0.1, 0.15) is 26.4 Å². The van der Waals surface area contributed by atoms with Crippen molar-refractivity contribution in [2.24, 2.45) is 4.40 Å². The Morgan fingerprint density at radius 1 is 1.09 bits per heavy atom. The quantitative estimate of drug-likeness (QED) is 0.603. The molecule has 0 radical (unpaired) electrons. The monoisotopic (exact) mass is 466 g/mol. The first-order valence-corrected chi connectivity index (χ1v) is 12.7. The summed E-state index contributed by atoms with van der Waals surface area (Å²) in [7, 11) is -3.67. The Balaban J connectivity index is 1.16. The van der Waals surface area contributed by atoms with Gasteiger partial charge < -0.3 is 10.6 Å². The number of hydrogen-bond acceptors (Lipinski definition) is 6. The predicted molar refractivity (Wildman–Crippen MR) is 126 cm³/mol. The summed E-state index contributed by atoms with van der Waals surface area (Å²) in [6.07, 6.45) is 1.08. The molecule has 3 aromatic rings. The molecule has 1 amide bonds. The second-order valence-corrected chi connectivity index (χ2v) is 10.3. The van der Waals surface area contributed by atoms with Crippen LogP contribution in [0.25, 0.3) is 0 Å². The van der Waals surface area contributed by atoms with Gasteiger partial charge in [-0.1, -0.05) is 12.1 Å². The summed E-state index contributed by atoms with van der Waals surface area (Å²) in [4.78, 5) is 16.5. The van der Waals surface area contributed by atoms with E-state index < -0.39 is 10.0 Å².